The third-order valence-electron chi connectivity index (χ3n) is 1.30. The monoisotopic (exact) mass is 180 g/mol. The highest BCUT2D eigenvalue weighted by Crippen LogP contribution is 2.04. The molecule has 0 spiro atoms. The number of hydrogen-bond donors (Lipinski definition) is 0. The molecule has 1 unspecified atom stereocenters. The van der Waals surface area contributed by atoms with Crippen molar-refractivity contribution in [3.8, 4) is 0 Å². The maximum Gasteiger partial charge on any atom is 0.282 e. The first-order valence-electron chi connectivity index (χ1n) is 3.38. The molecule has 0 aromatic carbocycles. The Hall–Kier alpha value is 0.571. The predicted octanol–water partition coefficient (Wildman–Crippen LogP) is -1.40. The Kier molecular flexibility index (Phi) is 7.11. The van der Waals surface area contributed by atoms with Crippen LogP contribution < -0.4 is 0 Å². The van der Waals surface area contributed by atoms with Crippen LogP contribution >= 0.6 is 0 Å². The maximum atomic E-state index is 5.43. The lowest BCUT2D eigenvalue weighted by atomic mass is 10.4. The van der Waals surface area contributed by atoms with Crippen LogP contribution in [0.3, 0.4) is 0 Å². The summed E-state index contributed by atoms with van der Waals surface area (Å²) >= 11 is 0. The maximum absolute atomic E-state index is 5.43. The fourth-order valence-electron chi connectivity index (χ4n) is 0.450. The Labute approximate surface area is 64.9 Å². The van der Waals surface area contributed by atoms with Crippen molar-refractivity contribution in [3.05, 3.63) is 0 Å². The van der Waals surface area contributed by atoms with E-state index in [0.29, 0.717) is 0 Å². The number of rotatable bonds is 5. The molecule has 0 heterocycles. The lowest BCUT2D eigenvalue weighted by Gasteiger charge is -2.06. The molecule has 0 radical (unpaired) electrons. The van der Waals surface area contributed by atoms with E-state index in [1.54, 1.807) is 0 Å². The second-order valence-corrected chi connectivity index (χ2v) is 8.20. The Balaban J connectivity index is 2.88. The Morgan fingerprint density at radius 3 is 2.78 bits per heavy atom. The third kappa shape index (κ3) is 6.46. The summed E-state index contributed by atoms with van der Waals surface area (Å²) in [4.78, 5) is 0. The molecular weight excluding hydrogens is 164 g/mol. The van der Waals surface area contributed by atoms with Gasteiger partial charge in [0.2, 0.25) is 0 Å². The Morgan fingerprint density at radius 2 is 2.33 bits per heavy atom. The Bertz CT molecular complexity index is 61.8. The normalized spacial score (nSPS) is 16.7. The summed E-state index contributed by atoms with van der Waals surface area (Å²) in [5, 5.41) is 0. The third-order valence-corrected chi connectivity index (χ3v) is 5.00. The molecule has 0 aromatic heterocycles. The van der Waals surface area contributed by atoms with Gasteiger partial charge in [-0.25, -0.2) is 0 Å². The van der Waals surface area contributed by atoms with Crippen LogP contribution in [0.25, 0.3) is 0 Å². The van der Waals surface area contributed by atoms with Crippen LogP contribution in [-0.2, 0) is 8.23 Å². The molecule has 0 aliphatic rings. The molecular formula is C4H16O2Si3. The van der Waals surface area contributed by atoms with E-state index in [0.717, 1.165) is 16.0 Å². The highest BCUT2D eigenvalue weighted by molar-refractivity contribution is 6.42. The lowest BCUT2D eigenvalue weighted by molar-refractivity contribution is 0.493. The summed E-state index contributed by atoms with van der Waals surface area (Å²) in [7, 11) is 0.136. The van der Waals surface area contributed by atoms with E-state index < -0.39 is 10.0 Å². The van der Waals surface area contributed by atoms with Crippen molar-refractivity contribution in [3.63, 3.8) is 0 Å². The molecule has 2 nitrogen and oxygen atoms in total. The van der Waals surface area contributed by atoms with E-state index >= 15 is 0 Å². The number of hydrogen-bond acceptors (Lipinski definition) is 2. The van der Waals surface area contributed by atoms with Crippen LogP contribution in [0, 0.1) is 0 Å². The molecule has 0 aliphatic carbocycles. The van der Waals surface area contributed by atoms with E-state index in [-0.39, 0.29) is 9.76 Å². The lowest BCUT2D eigenvalue weighted by Crippen LogP contribution is -2.10. The van der Waals surface area contributed by atoms with E-state index in [4.69, 9.17) is 8.23 Å². The molecule has 5 heteroatoms. The molecule has 0 saturated carbocycles. The predicted molar refractivity (Wildman–Crippen MR) is 48.9 cm³/mol. The van der Waals surface area contributed by atoms with Gasteiger partial charge in [-0.3, -0.25) is 0 Å². The molecule has 0 fully saturated rings. The highest BCUT2D eigenvalue weighted by Gasteiger charge is 1.97. The summed E-state index contributed by atoms with van der Waals surface area (Å²) in [5.74, 6) is 0. The van der Waals surface area contributed by atoms with E-state index in [2.05, 4.69) is 13.8 Å². The first kappa shape index (κ1) is 9.57. The van der Waals surface area contributed by atoms with Gasteiger partial charge in [-0.1, -0.05) is 20.3 Å². The second kappa shape index (κ2) is 6.69. The van der Waals surface area contributed by atoms with Crippen molar-refractivity contribution in [2.45, 2.75) is 25.8 Å². The zero-order valence-electron chi connectivity index (χ0n) is 6.52. The first-order valence-corrected chi connectivity index (χ1v) is 6.74. The summed E-state index contributed by atoms with van der Waals surface area (Å²) in [5.41, 5.74) is 0.842. The van der Waals surface area contributed by atoms with Gasteiger partial charge in [0.05, 0.1) is 0 Å². The van der Waals surface area contributed by atoms with Crippen LogP contribution in [0.2, 0.25) is 5.54 Å². The standard InChI is InChI=1S/C4H16O2Si3/c1-3-4(2)8-6-9-5-7/h4H,3,8-9H2,1-2,7H3. The van der Waals surface area contributed by atoms with Crippen molar-refractivity contribution < 1.29 is 8.23 Å². The van der Waals surface area contributed by atoms with E-state index in [1.165, 1.54) is 6.42 Å². The van der Waals surface area contributed by atoms with Crippen LogP contribution in [0.5, 0.6) is 0 Å². The smallest absolute Gasteiger partial charge is 0.282 e. The molecule has 56 valence electrons. The van der Waals surface area contributed by atoms with Crippen LogP contribution in [0.1, 0.15) is 20.3 Å². The van der Waals surface area contributed by atoms with Gasteiger partial charge >= 0.3 is 0 Å². The van der Waals surface area contributed by atoms with Crippen molar-refractivity contribution >= 4 is 30.3 Å². The van der Waals surface area contributed by atoms with Gasteiger partial charge in [-0.2, -0.15) is 0 Å². The largest absolute Gasteiger partial charge is 0.449 e. The molecule has 9 heavy (non-hydrogen) atoms. The summed E-state index contributed by atoms with van der Waals surface area (Å²) < 4.78 is 10.5. The molecule has 0 rings (SSSR count). The molecule has 0 aromatic rings. The minimum atomic E-state index is -0.507. The summed E-state index contributed by atoms with van der Waals surface area (Å²) in [6.07, 6.45) is 1.27. The molecule has 0 aliphatic heterocycles. The zero-order valence-corrected chi connectivity index (χ0v) is 11.3. The summed E-state index contributed by atoms with van der Waals surface area (Å²) in [6, 6.07) is 0. The molecule has 0 amide bonds. The van der Waals surface area contributed by atoms with E-state index in [9.17, 15) is 0 Å². The van der Waals surface area contributed by atoms with Gasteiger partial charge in [-0.15, -0.1) is 0 Å². The molecule has 0 bridgehead atoms. The average Bonchev–Trinajstić information content (AvgIpc) is 1.89. The van der Waals surface area contributed by atoms with Gasteiger partial charge in [0.25, 0.3) is 10.0 Å². The van der Waals surface area contributed by atoms with Gasteiger partial charge in [-0.05, 0) is 5.54 Å². The van der Waals surface area contributed by atoms with Crippen molar-refractivity contribution in [1.82, 2.24) is 0 Å². The van der Waals surface area contributed by atoms with Crippen LogP contribution in [-0.4, -0.2) is 30.3 Å². The molecule has 1 atom stereocenters. The topological polar surface area (TPSA) is 18.5 Å². The van der Waals surface area contributed by atoms with Gasteiger partial charge in [0.1, 0.15) is 10.5 Å². The molecule has 0 N–H and O–H groups in total. The van der Waals surface area contributed by atoms with Gasteiger partial charge < -0.3 is 8.23 Å². The molecule has 0 saturated heterocycles. The van der Waals surface area contributed by atoms with Gasteiger partial charge in [0.15, 0.2) is 9.76 Å². The van der Waals surface area contributed by atoms with Crippen LogP contribution in [0.4, 0.5) is 0 Å². The first-order chi connectivity index (χ1) is 4.31. The van der Waals surface area contributed by atoms with Crippen molar-refractivity contribution in [1.29, 1.82) is 0 Å². The Morgan fingerprint density at radius 1 is 1.67 bits per heavy atom. The SMILES string of the molecule is CCC(C)[SiH2]O[SiH2]O[SiH3]. The van der Waals surface area contributed by atoms with Crippen molar-refractivity contribution in [2.24, 2.45) is 0 Å². The fraction of sp³-hybridized carbons (Fsp3) is 1.00. The van der Waals surface area contributed by atoms with Crippen LogP contribution in [0.15, 0.2) is 0 Å². The second-order valence-electron chi connectivity index (χ2n) is 2.29. The highest BCUT2D eigenvalue weighted by atomic mass is 28.3. The van der Waals surface area contributed by atoms with Crippen molar-refractivity contribution in [2.75, 3.05) is 0 Å². The fourth-order valence-corrected chi connectivity index (χ4v) is 4.85. The van der Waals surface area contributed by atoms with Gasteiger partial charge in [0, 0.05) is 0 Å². The minimum absolute atomic E-state index is 0.216. The minimum Gasteiger partial charge on any atom is -0.449 e. The van der Waals surface area contributed by atoms with E-state index in [1.807, 2.05) is 0 Å². The summed E-state index contributed by atoms with van der Waals surface area (Å²) in [6.45, 7) is 4.47. The zero-order chi connectivity index (χ0) is 7.11. The quantitative estimate of drug-likeness (QED) is 0.383. The average molecular weight is 180 g/mol.